The highest BCUT2D eigenvalue weighted by Gasteiger charge is 2.44. The van der Waals surface area contributed by atoms with Crippen LogP contribution < -0.4 is 19.7 Å². The van der Waals surface area contributed by atoms with E-state index < -0.39 is 21.9 Å². The lowest BCUT2D eigenvalue weighted by molar-refractivity contribution is 0.0131. The Kier molecular flexibility index (Phi) is 9.28. The van der Waals surface area contributed by atoms with Crippen LogP contribution in [0.25, 0.3) is 0 Å². The van der Waals surface area contributed by atoms with E-state index in [4.69, 9.17) is 21.1 Å². The number of carbonyl (C=O) groups excluding carboxylic acids is 2. The zero-order valence-corrected chi connectivity index (χ0v) is 29.7. The Bertz CT molecular complexity index is 1740. The molecule has 9 nitrogen and oxygen atoms in total. The number of rotatable bonds is 3. The number of benzene rings is 2. The number of hydrogen-bond acceptors (Lipinski definition) is 6. The molecule has 2 N–H and O–H groups in total. The SMILES string of the molecule is CO[C@H]1/C=C\C[C@H](C)CS(=O)(NC(=O)N[C@H]2C[C@H]2C)=NC(=O)c2ccc3c(c2)N(C[C@@H]2CC[C@H]21)C[C@@]1(CCCc2cc(Cl)ccc21)CO3. The van der Waals surface area contributed by atoms with E-state index in [1.807, 2.05) is 32.0 Å². The molecule has 2 aliphatic heterocycles. The van der Waals surface area contributed by atoms with E-state index >= 15 is 0 Å². The molecule has 0 radical (unpaired) electrons. The predicted molar refractivity (Wildman–Crippen MR) is 189 cm³/mol. The van der Waals surface area contributed by atoms with Crippen LogP contribution in [0.2, 0.25) is 5.02 Å². The summed E-state index contributed by atoms with van der Waals surface area (Å²) in [7, 11) is -1.66. The molecule has 2 aromatic carbocycles. The molecule has 3 amide bonds. The minimum Gasteiger partial charge on any atom is -0.490 e. The van der Waals surface area contributed by atoms with Crippen LogP contribution in [0.1, 0.15) is 73.9 Å². The van der Waals surface area contributed by atoms with E-state index in [9.17, 15) is 13.8 Å². The molecular weight excluding hydrogens is 648 g/mol. The Balaban J connectivity index is 1.28. The van der Waals surface area contributed by atoms with Gasteiger partial charge in [0.25, 0.3) is 5.91 Å². The van der Waals surface area contributed by atoms with Crippen LogP contribution in [0.5, 0.6) is 5.75 Å². The first-order valence-electron chi connectivity index (χ1n) is 17.4. The lowest BCUT2D eigenvalue weighted by Crippen LogP contribution is -2.49. The molecule has 5 aliphatic rings. The van der Waals surface area contributed by atoms with E-state index in [2.05, 4.69) is 43.6 Å². The van der Waals surface area contributed by atoms with Crippen LogP contribution in [-0.4, -0.2) is 60.9 Å². The van der Waals surface area contributed by atoms with Crippen LogP contribution in [0.3, 0.4) is 0 Å². The first-order chi connectivity index (χ1) is 23.0. The van der Waals surface area contributed by atoms with Crippen molar-refractivity contribution in [3.8, 4) is 5.75 Å². The normalized spacial score (nSPS) is 35.1. The Labute approximate surface area is 289 Å². The van der Waals surface area contributed by atoms with Crippen molar-refractivity contribution in [3.05, 3.63) is 70.3 Å². The van der Waals surface area contributed by atoms with Crippen molar-refractivity contribution in [2.45, 2.75) is 76.4 Å². The van der Waals surface area contributed by atoms with Gasteiger partial charge in [-0.25, -0.2) is 9.00 Å². The van der Waals surface area contributed by atoms with Crippen molar-refractivity contribution in [1.29, 1.82) is 0 Å². The number of aryl methyl sites for hydroxylation is 1. The summed E-state index contributed by atoms with van der Waals surface area (Å²) in [5.74, 6) is 1.18. The smallest absolute Gasteiger partial charge is 0.327 e. The minimum absolute atomic E-state index is 0.0375. The van der Waals surface area contributed by atoms with Crippen LogP contribution in [0, 0.1) is 23.7 Å². The summed E-state index contributed by atoms with van der Waals surface area (Å²) >= 11 is 6.44. The summed E-state index contributed by atoms with van der Waals surface area (Å²) in [5, 5.41) is 3.62. The van der Waals surface area contributed by atoms with Crippen LogP contribution in [0.15, 0.2) is 52.9 Å². The van der Waals surface area contributed by atoms with Gasteiger partial charge in [-0.05, 0) is 110 Å². The van der Waals surface area contributed by atoms with Crippen molar-refractivity contribution in [2.24, 2.45) is 28.0 Å². The van der Waals surface area contributed by atoms with Crippen molar-refractivity contribution in [3.63, 3.8) is 0 Å². The Morgan fingerprint density at radius 3 is 2.77 bits per heavy atom. The number of amides is 3. The maximum atomic E-state index is 14.3. The second-order valence-corrected chi connectivity index (χ2v) is 17.3. The summed E-state index contributed by atoms with van der Waals surface area (Å²) in [4.78, 5) is 29.2. The Morgan fingerprint density at radius 1 is 1.19 bits per heavy atom. The summed E-state index contributed by atoms with van der Waals surface area (Å²) in [6.45, 7) is 6.06. The van der Waals surface area contributed by atoms with Crippen molar-refractivity contribution in [1.82, 2.24) is 10.0 Å². The number of carbonyl (C=O) groups is 2. The van der Waals surface area contributed by atoms with Crippen molar-refractivity contribution in [2.75, 3.05) is 37.5 Å². The molecule has 48 heavy (non-hydrogen) atoms. The number of hydrogen-bond donors (Lipinski definition) is 2. The summed E-state index contributed by atoms with van der Waals surface area (Å²) < 4.78 is 33.8. The highest BCUT2D eigenvalue weighted by molar-refractivity contribution is 7.92. The number of fused-ring (bicyclic) bond motifs is 4. The molecule has 258 valence electrons. The molecule has 7 rings (SSSR count). The molecule has 1 unspecified atom stereocenters. The molecule has 2 saturated carbocycles. The number of methoxy groups -OCH3 is 1. The van der Waals surface area contributed by atoms with Crippen molar-refractivity contribution < 1.29 is 23.3 Å². The van der Waals surface area contributed by atoms with Gasteiger partial charge in [-0.3, -0.25) is 9.52 Å². The minimum atomic E-state index is -3.44. The molecule has 2 aromatic rings. The monoisotopic (exact) mass is 694 g/mol. The number of urea groups is 1. The summed E-state index contributed by atoms with van der Waals surface area (Å²) in [5.41, 5.74) is 3.47. The van der Waals surface area contributed by atoms with Crippen LogP contribution in [-0.2, 0) is 26.5 Å². The van der Waals surface area contributed by atoms with Gasteiger partial charge in [0, 0.05) is 42.2 Å². The molecule has 11 heteroatoms. The molecule has 0 saturated heterocycles. The van der Waals surface area contributed by atoms with Gasteiger partial charge in [0.15, 0.2) is 0 Å². The Morgan fingerprint density at radius 2 is 2.02 bits per heavy atom. The fourth-order valence-corrected chi connectivity index (χ4v) is 10.3. The molecule has 2 bridgehead atoms. The molecule has 2 fully saturated rings. The third-order valence-corrected chi connectivity index (χ3v) is 13.4. The second-order valence-electron chi connectivity index (χ2n) is 14.9. The Hall–Kier alpha value is -3.08. The second kappa shape index (κ2) is 13.3. The number of nitrogens with one attached hydrogen (secondary N) is 2. The van der Waals surface area contributed by atoms with Gasteiger partial charge in [0.1, 0.15) is 15.7 Å². The lowest BCUT2D eigenvalue weighted by atomic mass is 9.68. The topological polar surface area (TPSA) is 109 Å². The van der Waals surface area contributed by atoms with E-state index in [0.29, 0.717) is 36.3 Å². The first kappa shape index (κ1) is 33.4. The number of ether oxygens (including phenoxy) is 2. The molecule has 2 heterocycles. The van der Waals surface area contributed by atoms with Crippen LogP contribution in [0.4, 0.5) is 10.5 Å². The average molecular weight is 695 g/mol. The van der Waals surface area contributed by atoms with E-state index in [0.717, 1.165) is 68.1 Å². The average Bonchev–Trinajstić information content (AvgIpc) is 3.75. The van der Waals surface area contributed by atoms with E-state index in [1.165, 1.54) is 11.1 Å². The van der Waals surface area contributed by atoms with Crippen LogP contribution >= 0.6 is 11.6 Å². The van der Waals surface area contributed by atoms with Gasteiger partial charge in [-0.15, -0.1) is 4.36 Å². The highest BCUT2D eigenvalue weighted by Crippen LogP contribution is 2.47. The largest absolute Gasteiger partial charge is 0.490 e. The lowest BCUT2D eigenvalue weighted by Gasteiger charge is -2.46. The zero-order chi connectivity index (χ0) is 33.6. The zero-order valence-electron chi connectivity index (χ0n) is 28.1. The summed E-state index contributed by atoms with van der Waals surface area (Å²) in [6, 6.07) is 11.1. The number of anilines is 1. The molecular formula is C37H47ClN4O5S. The standard InChI is InChI=1S/C37H47ClN4O5S/c1-23-6-4-8-33(46-3)29-12-9-27(29)19-42-21-37(15-5-7-25-17-28(38)11-13-30(25)37)22-47-34-14-10-26(18-32(34)42)35(43)40-48(45,20-23)41-36(44)39-31-16-24(31)2/h4,8,10-11,13-14,17-18,23-24,27,29,31,33H,5-7,9,12,15-16,19-22H2,1-3H3,(H2,39,40,41,43,44,45)/b8-4-/t23-,24+,27-,29+,31-,33-,37-,48?/m0/s1. The fourth-order valence-electron chi connectivity index (χ4n) is 8.23. The van der Waals surface area contributed by atoms with Gasteiger partial charge in [0.2, 0.25) is 0 Å². The van der Waals surface area contributed by atoms with E-state index in [-0.39, 0.29) is 29.2 Å². The first-order valence-corrected chi connectivity index (χ1v) is 19.5. The van der Waals surface area contributed by atoms with Gasteiger partial charge < -0.3 is 19.7 Å². The third kappa shape index (κ3) is 6.85. The van der Waals surface area contributed by atoms with Gasteiger partial charge >= 0.3 is 6.03 Å². The van der Waals surface area contributed by atoms with Gasteiger partial charge in [-0.1, -0.05) is 43.7 Å². The van der Waals surface area contributed by atoms with Crippen molar-refractivity contribution >= 4 is 39.1 Å². The number of allylic oxidation sites excluding steroid dienone is 1. The molecule has 3 aliphatic carbocycles. The number of halogens is 1. The maximum Gasteiger partial charge on any atom is 0.327 e. The predicted octanol–water partition coefficient (Wildman–Crippen LogP) is 6.68. The highest BCUT2D eigenvalue weighted by atomic mass is 35.5. The number of nitrogens with zero attached hydrogens (tertiary/aromatic N) is 2. The maximum absolute atomic E-state index is 14.3. The quantitative estimate of drug-likeness (QED) is 0.347. The van der Waals surface area contributed by atoms with Gasteiger partial charge in [-0.2, -0.15) is 0 Å². The van der Waals surface area contributed by atoms with Gasteiger partial charge in [0.05, 0.1) is 24.2 Å². The third-order valence-electron chi connectivity index (χ3n) is 11.2. The summed E-state index contributed by atoms with van der Waals surface area (Å²) in [6.07, 6.45) is 10.9. The fraction of sp³-hybridized carbons (Fsp3) is 0.568. The molecule has 8 atom stereocenters. The van der Waals surface area contributed by atoms with E-state index in [1.54, 1.807) is 13.2 Å². The molecule has 0 aromatic heterocycles. The molecule has 1 spiro atoms.